The number of nitrogens with one attached hydrogen (secondary N) is 1. The second-order valence-electron chi connectivity index (χ2n) is 6.24. The number of nitrogens with zero attached hydrogens (tertiary/aromatic N) is 2. The Morgan fingerprint density at radius 1 is 1.25 bits per heavy atom. The van der Waals surface area contributed by atoms with E-state index in [1.54, 1.807) is 23.9 Å². The SMILES string of the molecule is COC(=O)c1c(NCc2ccc(C3OCCO3)cc2OC)ccc2nccn12. The first-order valence-electron chi connectivity index (χ1n) is 8.89. The average Bonchev–Trinajstić information content (AvgIpc) is 3.43. The molecule has 8 nitrogen and oxygen atoms in total. The molecule has 0 spiro atoms. The minimum atomic E-state index is -0.441. The predicted molar refractivity (Wildman–Crippen MR) is 101 cm³/mol. The number of rotatable bonds is 6. The average molecular weight is 383 g/mol. The first-order chi connectivity index (χ1) is 13.7. The number of imidazole rings is 1. The van der Waals surface area contributed by atoms with Crippen LogP contribution in [0, 0.1) is 0 Å². The van der Waals surface area contributed by atoms with Gasteiger partial charge in [-0.2, -0.15) is 0 Å². The maximum atomic E-state index is 12.3. The van der Waals surface area contributed by atoms with Crippen molar-refractivity contribution < 1.29 is 23.7 Å². The van der Waals surface area contributed by atoms with Crippen LogP contribution in [0.5, 0.6) is 5.75 Å². The van der Waals surface area contributed by atoms with Crippen molar-refractivity contribution in [1.82, 2.24) is 9.38 Å². The summed E-state index contributed by atoms with van der Waals surface area (Å²) in [6, 6.07) is 9.47. The van der Waals surface area contributed by atoms with Crippen molar-refractivity contribution in [2.45, 2.75) is 12.8 Å². The van der Waals surface area contributed by atoms with Gasteiger partial charge in [-0.3, -0.25) is 4.40 Å². The molecular formula is C20H21N3O5. The van der Waals surface area contributed by atoms with E-state index in [-0.39, 0.29) is 6.29 Å². The molecule has 0 saturated carbocycles. The van der Waals surface area contributed by atoms with E-state index in [4.69, 9.17) is 18.9 Å². The van der Waals surface area contributed by atoms with Crippen LogP contribution in [0.15, 0.2) is 42.7 Å². The van der Waals surface area contributed by atoms with Gasteiger partial charge in [-0.15, -0.1) is 0 Å². The van der Waals surface area contributed by atoms with Gasteiger partial charge in [0.25, 0.3) is 0 Å². The number of fused-ring (bicyclic) bond motifs is 1. The number of carbonyl (C=O) groups excluding carboxylic acids is 1. The molecule has 1 aromatic carbocycles. The van der Waals surface area contributed by atoms with Crippen molar-refractivity contribution in [1.29, 1.82) is 0 Å². The second kappa shape index (κ2) is 7.87. The van der Waals surface area contributed by atoms with E-state index in [9.17, 15) is 4.79 Å². The van der Waals surface area contributed by atoms with Gasteiger partial charge in [0.15, 0.2) is 12.0 Å². The van der Waals surface area contributed by atoms with Gasteiger partial charge < -0.3 is 24.3 Å². The van der Waals surface area contributed by atoms with Gasteiger partial charge in [0.2, 0.25) is 0 Å². The van der Waals surface area contributed by atoms with Crippen LogP contribution in [0.1, 0.15) is 27.9 Å². The maximum absolute atomic E-state index is 12.3. The fourth-order valence-corrected chi connectivity index (χ4v) is 3.24. The Balaban J connectivity index is 1.60. The summed E-state index contributed by atoms with van der Waals surface area (Å²) in [5, 5.41) is 3.30. The summed E-state index contributed by atoms with van der Waals surface area (Å²) in [6.45, 7) is 1.63. The molecule has 0 aliphatic carbocycles. The molecule has 8 heteroatoms. The standard InChI is InChI=1S/C20H21N3O5/c1-25-16-11-13(20-27-9-10-28-20)3-4-14(16)12-22-15-5-6-17-21-7-8-23(17)18(15)19(24)26-2/h3-8,11,20,22H,9-10,12H2,1-2H3. The van der Waals surface area contributed by atoms with Crippen molar-refractivity contribution in [2.24, 2.45) is 0 Å². The van der Waals surface area contributed by atoms with Crippen LogP contribution in [0.4, 0.5) is 5.69 Å². The summed E-state index contributed by atoms with van der Waals surface area (Å²) in [6.07, 6.45) is 3.01. The Morgan fingerprint density at radius 2 is 2.07 bits per heavy atom. The molecular weight excluding hydrogens is 362 g/mol. The fourth-order valence-electron chi connectivity index (χ4n) is 3.24. The monoisotopic (exact) mass is 383 g/mol. The third kappa shape index (κ3) is 3.39. The van der Waals surface area contributed by atoms with Crippen molar-refractivity contribution in [3.63, 3.8) is 0 Å². The smallest absolute Gasteiger partial charge is 0.357 e. The molecule has 1 fully saturated rings. The predicted octanol–water partition coefficient (Wildman–Crippen LogP) is 2.79. The highest BCUT2D eigenvalue weighted by atomic mass is 16.7. The Bertz CT molecular complexity index is 995. The highest BCUT2D eigenvalue weighted by molar-refractivity contribution is 5.94. The van der Waals surface area contributed by atoms with Crippen LogP contribution in [0.25, 0.3) is 5.65 Å². The first-order valence-corrected chi connectivity index (χ1v) is 8.89. The van der Waals surface area contributed by atoms with Crippen LogP contribution in [-0.4, -0.2) is 42.8 Å². The van der Waals surface area contributed by atoms with Gasteiger partial charge in [0, 0.05) is 30.1 Å². The number of methoxy groups -OCH3 is 2. The summed E-state index contributed by atoms with van der Waals surface area (Å²) in [5.74, 6) is 0.274. The minimum absolute atomic E-state index is 0.356. The number of carbonyl (C=O) groups is 1. The molecule has 0 bridgehead atoms. The Labute approximate surface area is 162 Å². The summed E-state index contributed by atoms with van der Waals surface area (Å²) in [5.41, 5.74) is 3.55. The van der Waals surface area contributed by atoms with Gasteiger partial charge >= 0.3 is 5.97 Å². The number of benzene rings is 1. The van der Waals surface area contributed by atoms with Crippen molar-refractivity contribution >= 4 is 17.3 Å². The molecule has 146 valence electrons. The number of ether oxygens (including phenoxy) is 4. The van der Waals surface area contributed by atoms with E-state index < -0.39 is 5.97 Å². The Kier molecular flexibility index (Phi) is 5.14. The lowest BCUT2D eigenvalue weighted by molar-refractivity contribution is -0.0442. The molecule has 1 aliphatic rings. The van der Waals surface area contributed by atoms with Crippen LogP contribution in [0.2, 0.25) is 0 Å². The number of pyridine rings is 1. The van der Waals surface area contributed by atoms with E-state index in [0.29, 0.717) is 42.5 Å². The molecule has 0 atom stereocenters. The Hall–Kier alpha value is -3.10. The molecule has 3 heterocycles. The molecule has 28 heavy (non-hydrogen) atoms. The normalized spacial score (nSPS) is 14.4. The van der Waals surface area contributed by atoms with E-state index in [0.717, 1.165) is 11.1 Å². The lowest BCUT2D eigenvalue weighted by Gasteiger charge is -2.16. The minimum Gasteiger partial charge on any atom is -0.496 e. The van der Waals surface area contributed by atoms with Crippen LogP contribution in [-0.2, 0) is 20.8 Å². The van der Waals surface area contributed by atoms with Crippen molar-refractivity contribution in [3.05, 3.63) is 59.5 Å². The lowest BCUT2D eigenvalue weighted by Crippen LogP contribution is -2.13. The molecule has 1 saturated heterocycles. The van der Waals surface area contributed by atoms with Crippen molar-refractivity contribution in [2.75, 3.05) is 32.8 Å². The fraction of sp³-hybridized carbons (Fsp3) is 0.300. The molecule has 0 radical (unpaired) electrons. The van der Waals surface area contributed by atoms with Gasteiger partial charge in [-0.1, -0.05) is 12.1 Å². The zero-order chi connectivity index (χ0) is 19.5. The molecule has 0 unspecified atom stereocenters. The molecule has 1 N–H and O–H groups in total. The topological polar surface area (TPSA) is 83.3 Å². The highest BCUT2D eigenvalue weighted by Crippen LogP contribution is 2.29. The van der Waals surface area contributed by atoms with Crippen molar-refractivity contribution in [3.8, 4) is 5.75 Å². The molecule has 4 rings (SSSR count). The van der Waals surface area contributed by atoms with Gasteiger partial charge in [0.1, 0.15) is 11.4 Å². The zero-order valence-corrected chi connectivity index (χ0v) is 15.7. The summed E-state index contributed by atoms with van der Waals surface area (Å²) >= 11 is 0. The molecule has 0 amide bonds. The lowest BCUT2D eigenvalue weighted by atomic mass is 10.1. The maximum Gasteiger partial charge on any atom is 0.357 e. The van der Waals surface area contributed by atoms with Crippen LogP contribution < -0.4 is 10.1 Å². The molecule has 2 aromatic heterocycles. The summed E-state index contributed by atoms with van der Waals surface area (Å²) < 4.78 is 23.3. The largest absolute Gasteiger partial charge is 0.496 e. The second-order valence-corrected chi connectivity index (χ2v) is 6.24. The third-order valence-corrected chi connectivity index (χ3v) is 4.62. The first kappa shape index (κ1) is 18.3. The summed E-state index contributed by atoms with van der Waals surface area (Å²) in [4.78, 5) is 16.5. The van der Waals surface area contributed by atoms with Gasteiger partial charge in [-0.05, 0) is 18.2 Å². The molecule has 1 aliphatic heterocycles. The van der Waals surface area contributed by atoms with Crippen LogP contribution >= 0.6 is 0 Å². The molecule has 3 aromatic rings. The van der Waals surface area contributed by atoms with Gasteiger partial charge in [-0.25, -0.2) is 9.78 Å². The highest BCUT2D eigenvalue weighted by Gasteiger charge is 2.20. The zero-order valence-electron chi connectivity index (χ0n) is 15.7. The number of hydrogen-bond acceptors (Lipinski definition) is 7. The van der Waals surface area contributed by atoms with E-state index in [1.165, 1.54) is 7.11 Å². The third-order valence-electron chi connectivity index (χ3n) is 4.62. The number of aromatic nitrogens is 2. The quantitative estimate of drug-likeness (QED) is 0.655. The van der Waals surface area contributed by atoms with E-state index >= 15 is 0 Å². The number of anilines is 1. The van der Waals surface area contributed by atoms with E-state index in [2.05, 4.69) is 10.3 Å². The van der Waals surface area contributed by atoms with E-state index in [1.807, 2.05) is 30.3 Å². The van der Waals surface area contributed by atoms with Crippen LogP contribution in [0.3, 0.4) is 0 Å². The summed E-state index contributed by atoms with van der Waals surface area (Å²) in [7, 11) is 2.98. The number of hydrogen-bond donors (Lipinski definition) is 1. The number of esters is 1. The Morgan fingerprint density at radius 3 is 2.82 bits per heavy atom. The van der Waals surface area contributed by atoms with Gasteiger partial charge in [0.05, 0.1) is 33.1 Å².